The van der Waals surface area contributed by atoms with Gasteiger partial charge in [-0.1, -0.05) is 26.0 Å². The van der Waals surface area contributed by atoms with Crippen LogP contribution in [0.2, 0.25) is 0 Å². The van der Waals surface area contributed by atoms with E-state index in [0.717, 1.165) is 11.1 Å². The molecule has 0 spiro atoms. The van der Waals surface area contributed by atoms with Crippen LogP contribution in [0.25, 0.3) is 21.9 Å². The maximum absolute atomic E-state index is 13.2. The SMILES string of the molecule is CC(C)Cn1cc(-c2ccc(F)cc2)c2cc(O)ccc2c1=O. The minimum Gasteiger partial charge on any atom is -0.508 e. The van der Waals surface area contributed by atoms with E-state index in [2.05, 4.69) is 0 Å². The Balaban J connectivity index is 2.33. The van der Waals surface area contributed by atoms with E-state index < -0.39 is 0 Å². The molecule has 3 aromatic rings. The molecule has 0 aliphatic carbocycles. The van der Waals surface area contributed by atoms with Crippen molar-refractivity contribution in [2.45, 2.75) is 20.4 Å². The first kappa shape index (κ1) is 15.3. The Morgan fingerprint density at radius 3 is 2.43 bits per heavy atom. The fraction of sp³-hybridized carbons (Fsp3) is 0.211. The fourth-order valence-corrected chi connectivity index (χ4v) is 2.77. The Bertz CT molecular complexity index is 911. The third kappa shape index (κ3) is 2.97. The second-order valence-corrected chi connectivity index (χ2v) is 6.13. The molecule has 3 rings (SSSR count). The molecule has 1 N–H and O–H groups in total. The lowest BCUT2D eigenvalue weighted by Gasteiger charge is -2.14. The number of aromatic nitrogens is 1. The lowest BCUT2D eigenvalue weighted by Crippen LogP contribution is -2.22. The van der Waals surface area contributed by atoms with Gasteiger partial charge in [-0.2, -0.15) is 0 Å². The molecular weight excluding hydrogens is 293 g/mol. The van der Waals surface area contributed by atoms with Gasteiger partial charge in [0.05, 0.1) is 0 Å². The number of benzene rings is 2. The van der Waals surface area contributed by atoms with Crippen molar-refractivity contribution in [3.05, 3.63) is 64.8 Å². The van der Waals surface area contributed by atoms with Gasteiger partial charge in [-0.05, 0) is 41.8 Å². The lowest BCUT2D eigenvalue weighted by atomic mass is 10.00. The maximum atomic E-state index is 13.2. The third-order valence-electron chi connectivity index (χ3n) is 3.79. The molecule has 0 bridgehead atoms. The van der Waals surface area contributed by atoms with Crippen LogP contribution in [0.3, 0.4) is 0 Å². The number of hydrogen-bond donors (Lipinski definition) is 1. The highest BCUT2D eigenvalue weighted by Crippen LogP contribution is 2.29. The summed E-state index contributed by atoms with van der Waals surface area (Å²) in [4.78, 5) is 12.6. The second kappa shape index (κ2) is 5.88. The molecular formula is C19H18FNO2. The Hall–Kier alpha value is -2.62. The number of halogens is 1. The number of fused-ring (bicyclic) bond motifs is 1. The second-order valence-electron chi connectivity index (χ2n) is 6.13. The molecule has 0 radical (unpaired) electrons. The molecule has 0 fully saturated rings. The topological polar surface area (TPSA) is 42.2 Å². The zero-order valence-electron chi connectivity index (χ0n) is 13.1. The van der Waals surface area contributed by atoms with Gasteiger partial charge in [0, 0.05) is 29.1 Å². The predicted molar refractivity (Wildman–Crippen MR) is 90.1 cm³/mol. The average Bonchev–Trinajstić information content (AvgIpc) is 2.50. The van der Waals surface area contributed by atoms with Crippen molar-refractivity contribution in [3.8, 4) is 16.9 Å². The van der Waals surface area contributed by atoms with E-state index in [9.17, 15) is 14.3 Å². The molecule has 0 saturated carbocycles. The van der Waals surface area contributed by atoms with Crippen LogP contribution in [-0.4, -0.2) is 9.67 Å². The van der Waals surface area contributed by atoms with Crippen LogP contribution >= 0.6 is 0 Å². The van der Waals surface area contributed by atoms with Gasteiger partial charge in [0.25, 0.3) is 5.56 Å². The fourth-order valence-electron chi connectivity index (χ4n) is 2.77. The molecule has 4 heteroatoms. The van der Waals surface area contributed by atoms with Gasteiger partial charge in [0.2, 0.25) is 0 Å². The van der Waals surface area contributed by atoms with Gasteiger partial charge in [-0.15, -0.1) is 0 Å². The molecule has 0 unspecified atom stereocenters. The highest BCUT2D eigenvalue weighted by atomic mass is 19.1. The molecule has 118 valence electrons. The van der Waals surface area contributed by atoms with Crippen molar-refractivity contribution in [2.75, 3.05) is 0 Å². The van der Waals surface area contributed by atoms with E-state index in [0.29, 0.717) is 23.2 Å². The summed E-state index contributed by atoms with van der Waals surface area (Å²) in [5, 5.41) is 11.0. The van der Waals surface area contributed by atoms with Crippen LogP contribution in [0.1, 0.15) is 13.8 Å². The molecule has 0 aliphatic heterocycles. The summed E-state index contributed by atoms with van der Waals surface area (Å²) in [6, 6.07) is 10.9. The number of rotatable bonds is 3. The monoisotopic (exact) mass is 311 g/mol. The predicted octanol–water partition coefficient (Wildman–Crippen LogP) is 4.17. The van der Waals surface area contributed by atoms with Crippen molar-refractivity contribution in [2.24, 2.45) is 5.92 Å². The van der Waals surface area contributed by atoms with E-state index in [-0.39, 0.29) is 17.1 Å². The molecule has 0 atom stereocenters. The summed E-state index contributed by atoms with van der Waals surface area (Å²) in [5.41, 5.74) is 1.52. The van der Waals surface area contributed by atoms with Crippen molar-refractivity contribution in [1.82, 2.24) is 4.57 Å². The number of phenolic OH excluding ortho intramolecular Hbond substituents is 1. The van der Waals surface area contributed by atoms with E-state index in [1.807, 2.05) is 13.8 Å². The van der Waals surface area contributed by atoms with Crippen LogP contribution in [0, 0.1) is 11.7 Å². The number of hydrogen-bond acceptors (Lipinski definition) is 2. The summed E-state index contributed by atoms with van der Waals surface area (Å²) < 4.78 is 14.9. The molecule has 0 saturated heterocycles. The zero-order chi connectivity index (χ0) is 16.6. The Kier molecular flexibility index (Phi) is 3.90. The van der Waals surface area contributed by atoms with E-state index in [4.69, 9.17) is 0 Å². The Morgan fingerprint density at radius 1 is 1.09 bits per heavy atom. The highest BCUT2D eigenvalue weighted by molar-refractivity contribution is 5.96. The minimum absolute atomic E-state index is 0.0837. The van der Waals surface area contributed by atoms with Crippen molar-refractivity contribution in [1.29, 1.82) is 0 Å². The van der Waals surface area contributed by atoms with E-state index >= 15 is 0 Å². The van der Waals surface area contributed by atoms with Crippen molar-refractivity contribution < 1.29 is 9.50 Å². The van der Waals surface area contributed by atoms with E-state index in [1.54, 1.807) is 35.0 Å². The zero-order valence-corrected chi connectivity index (χ0v) is 13.1. The number of pyridine rings is 1. The number of aromatic hydroxyl groups is 1. The van der Waals surface area contributed by atoms with Gasteiger partial charge in [0.1, 0.15) is 11.6 Å². The van der Waals surface area contributed by atoms with Crippen molar-refractivity contribution in [3.63, 3.8) is 0 Å². The van der Waals surface area contributed by atoms with Gasteiger partial charge >= 0.3 is 0 Å². The van der Waals surface area contributed by atoms with Gasteiger partial charge < -0.3 is 9.67 Å². The molecule has 1 aromatic heterocycles. The number of phenols is 1. The van der Waals surface area contributed by atoms with Crippen LogP contribution in [0.15, 0.2) is 53.5 Å². The molecule has 0 aliphatic rings. The summed E-state index contributed by atoms with van der Waals surface area (Å²) in [6.45, 7) is 4.69. The summed E-state index contributed by atoms with van der Waals surface area (Å²) in [6.07, 6.45) is 1.79. The van der Waals surface area contributed by atoms with Gasteiger partial charge in [-0.25, -0.2) is 4.39 Å². The first-order valence-electron chi connectivity index (χ1n) is 7.58. The molecule has 0 amide bonds. The largest absolute Gasteiger partial charge is 0.508 e. The molecule has 2 aromatic carbocycles. The van der Waals surface area contributed by atoms with Gasteiger partial charge in [-0.3, -0.25) is 4.79 Å². The minimum atomic E-state index is -0.309. The summed E-state index contributed by atoms with van der Waals surface area (Å²) in [7, 11) is 0. The first-order valence-corrected chi connectivity index (χ1v) is 7.58. The van der Waals surface area contributed by atoms with Gasteiger partial charge in [0.15, 0.2) is 0 Å². The molecule has 3 nitrogen and oxygen atoms in total. The first-order chi connectivity index (χ1) is 11.0. The Labute approximate surface area is 133 Å². The maximum Gasteiger partial charge on any atom is 0.258 e. The lowest BCUT2D eigenvalue weighted by molar-refractivity contribution is 0.476. The van der Waals surface area contributed by atoms with Crippen LogP contribution < -0.4 is 5.56 Å². The van der Waals surface area contributed by atoms with Crippen LogP contribution in [0.5, 0.6) is 5.75 Å². The summed E-state index contributed by atoms with van der Waals surface area (Å²) >= 11 is 0. The normalized spacial score (nSPS) is 11.3. The summed E-state index contributed by atoms with van der Waals surface area (Å²) in [5.74, 6) is 0.113. The standard InChI is InChI=1S/C19H18FNO2/c1-12(2)10-21-11-18(13-3-5-14(20)6-4-13)17-9-15(22)7-8-16(17)19(21)23/h3-9,11-12,22H,10H2,1-2H3. The van der Waals surface area contributed by atoms with Crippen LogP contribution in [-0.2, 0) is 6.54 Å². The van der Waals surface area contributed by atoms with Crippen LogP contribution in [0.4, 0.5) is 4.39 Å². The van der Waals surface area contributed by atoms with E-state index in [1.165, 1.54) is 18.2 Å². The molecule has 1 heterocycles. The Morgan fingerprint density at radius 2 is 1.78 bits per heavy atom. The highest BCUT2D eigenvalue weighted by Gasteiger charge is 2.12. The third-order valence-corrected chi connectivity index (χ3v) is 3.79. The quantitative estimate of drug-likeness (QED) is 0.789. The average molecular weight is 311 g/mol. The number of nitrogens with zero attached hydrogens (tertiary/aromatic N) is 1. The van der Waals surface area contributed by atoms with Crippen molar-refractivity contribution >= 4 is 10.8 Å². The smallest absolute Gasteiger partial charge is 0.258 e. The molecule has 23 heavy (non-hydrogen) atoms.